The highest BCUT2D eigenvalue weighted by molar-refractivity contribution is 6.38. The Bertz CT molecular complexity index is 3360. The Hall–Kier alpha value is -6.44. The number of nitrogens with zero attached hydrogens (tertiary/aromatic N) is 1. The summed E-state index contributed by atoms with van der Waals surface area (Å²) in [6, 6.07) is 62.5. The van der Waals surface area contributed by atoms with Gasteiger partial charge in [0.1, 0.15) is 0 Å². The molecule has 11 aromatic rings. The molecule has 13 rings (SSSR count). The molecule has 2 atom stereocenters. The maximum Gasteiger partial charge on any atom is 0.0517 e. The van der Waals surface area contributed by atoms with Crippen LogP contribution in [0.1, 0.15) is 45.1 Å². The summed E-state index contributed by atoms with van der Waals surface area (Å²) in [6.07, 6.45) is 4.97. The van der Waals surface area contributed by atoms with Gasteiger partial charge in [0.05, 0.1) is 5.54 Å². The fraction of sp³-hybridized carbons (Fsp3) is 0.143. The lowest BCUT2D eigenvalue weighted by molar-refractivity contribution is 0.195. The van der Waals surface area contributed by atoms with Gasteiger partial charge in [-0.1, -0.05) is 147 Å². The molecule has 11 aromatic carbocycles. The summed E-state index contributed by atoms with van der Waals surface area (Å²) < 4.78 is 0. The molecule has 0 radical (unpaired) electrons. The molecule has 1 heterocycles. The van der Waals surface area contributed by atoms with Gasteiger partial charge >= 0.3 is 0 Å². The smallest absolute Gasteiger partial charge is 0.0517 e. The van der Waals surface area contributed by atoms with E-state index in [1.807, 2.05) is 0 Å². The van der Waals surface area contributed by atoms with E-state index in [4.69, 9.17) is 0 Å². The molecule has 1 heteroatoms. The summed E-state index contributed by atoms with van der Waals surface area (Å²) in [5.74, 6) is 0. The van der Waals surface area contributed by atoms with Crippen LogP contribution in [0.15, 0.2) is 164 Å². The van der Waals surface area contributed by atoms with E-state index in [1.54, 1.807) is 0 Å². The van der Waals surface area contributed by atoms with E-state index in [2.05, 4.69) is 183 Å². The van der Waals surface area contributed by atoms with E-state index in [-0.39, 0.29) is 11.0 Å². The molecule has 2 unspecified atom stereocenters. The molecule has 0 saturated heterocycles. The Balaban J connectivity index is 0.991. The predicted octanol–water partition coefficient (Wildman–Crippen LogP) is 15.7. The number of fused-ring (bicyclic) bond motifs is 10. The summed E-state index contributed by atoms with van der Waals surface area (Å²) in [5, 5.41) is 18.8. The molecule has 0 amide bonds. The fourth-order valence-corrected chi connectivity index (χ4v) is 12.1. The van der Waals surface area contributed by atoms with Crippen molar-refractivity contribution >= 4 is 86.8 Å². The van der Waals surface area contributed by atoms with Gasteiger partial charge in [-0.25, -0.2) is 0 Å². The molecule has 270 valence electrons. The van der Waals surface area contributed by atoms with Gasteiger partial charge < -0.3 is 4.90 Å². The van der Waals surface area contributed by atoms with Crippen LogP contribution >= 0.6 is 0 Å². The van der Waals surface area contributed by atoms with Crippen molar-refractivity contribution < 1.29 is 0 Å². The van der Waals surface area contributed by atoms with Gasteiger partial charge in [0.25, 0.3) is 0 Å². The van der Waals surface area contributed by atoms with Crippen LogP contribution in [-0.4, -0.2) is 5.54 Å². The first-order chi connectivity index (χ1) is 28.0. The maximum atomic E-state index is 2.67. The third-order valence-electron chi connectivity index (χ3n) is 14.9. The molecule has 0 bridgehead atoms. The second-order valence-electron chi connectivity index (χ2n) is 17.5. The van der Waals surface area contributed by atoms with Crippen LogP contribution in [0.2, 0.25) is 0 Å². The summed E-state index contributed by atoms with van der Waals surface area (Å²) in [7, 11) is 0. The van der Waals surface area contributed by atoms with Crippen molar-refractivity contribution in [1.29, 1.82) is 0 Å². The van der Waals surface area contributed by atoms with Crippen molar-refractivity contribution in [3.63, 3.8) is 0 Å². The molecule has 1 saturated carbocycles. The number of rotatable bonds is 3. The zero-order valence-electron chi connectivity index (χ0n) is 32.4. The van der Waals surface area contributed by atoms with Crippen molar-refractivity contribution in [2.45, 2.75) is 50.5 Å². The zero-order chi connectivity index (χ0) is 37.6. The predicted molar refractivity (Wildman–Crippen MR) is 245 cm³/mol. The monoisotopic (exact) mass is 727 g/mol. The van der Waals surface area contributed by atoms with Crippen LogP contribution < -0.4 is 4.90 Å². The first-order valence-corrected chi connectivity index (χ1v) is 20.8. The number of para-hydroxylation sites is 1. The van der Waals surface area contributed by atoms with Crippen molar-refractivity contribution in [1.82, 2.24) is 0 Å². The molecule has 1 aliphatic carbocycles. The minimum absolute atomic E-state index is 0.0353. The summed E-state index contributed by atoms with van der Waals surface area (Å²) in [6.45, 7) is 5.06. The first kappa shape index (κ1) is 31.7. The molecule has 2 aliphatic rings. The minimum Gasteiger partial charge on any atom is -0.334 e. The molecule has 0 aromatic heterocycles. The number of benzene rings is 9. The highest BCUT2D eigenvalue weighted by atomic mass is 15.3. The highest BCUT2D eigenvalue weighted by Crippen LogP contribution is 2.61. The van der Waals surface area contributed by atoms with E-state index in [9.17, 15) is 0 Å². The van der Waals surface area contributed by atoms with Crippen LogP contribution in [0.25, 0.3) is 97.7 Å². The van der Waals surface area contributed by atoms with Gasteiger partial charge in [0.15, 0.2) is 0 Å². The van der Waals surface area contributed by atoms with Crippen LogP contribution in [0.4, 0.5) is 11.4 Å². The van der Waals surface area contributed by atoms with Crippen LogP contribution in [0.5, 0.6) is 0 Å². The topological polar surface area (TPSA) is 3.24 Å². The Morgan fingerprint density at radius 3 is 1.70 bits per heavy atom. The fourth-order valence-electron chi connectivity index (χ4n) is 12.1. The lowest BCUT2D eigenvalue weighted by Gasteiger charge is -2.50. The van der Waals surface area contributed by atoms with Crippen LogP contribution in [0.3, 0.4) is 0 Å². The van der Waals surface area contributed by atoms with Gasteiger partial charge in [0, 0.05) is 16.8 Å². The zero-order valence-corrected chi connectivity index (χ0v) is 32.4. The number of anilines is 2. The lowest BCUT2D eigenvalue weighted by Crippen LogP contribution is -2.54. The minimum atomic E-state index is 0.0353. The summed E-state index contributed by atoms with van der Waals surface area (Å²) >= 11 is 0. The Labute approximate surface area is 332 Å². The van der Waals surface area contributed by atoms with E-state index in [1.165, 1.54) is 140 Å². The Kier molecular flexibility index (Phi) is 6.18. The van der Waals surface area contributed by atoms with Gasteiger partial charge in [-0.2, -0.15) is 0 Å². The van der Waals surface area contributed by atoms with Crippen LogP contribution in [-0.2, 0) is 5.41 Å². The molecule has 0 N–H and O–H groups in total. The number of hydrogen-bond donors (Lipinski definition) is 0. The quantitative estimate of drug-likeness (QED) is 0.175. The molecular formula is C56H41N. The van der Waals surface area contributed by atoms with Gasteiger partial charge in [0.2, 0.25) is 0 Å². The van der Waals surface area contributed by atoms with E-state index >= 15 is 0 Å². The third-order valence-corrected chi connectivity index (χ3v) is 14.9. The van der Waals surface area contributed by atoms with E-state index in [0.29, 0.717) is 0 Å². The highest BCUT2D eigenvalue weighted by Gasteiger charge is 2.57. The van der Waals surface area contributed by atoms with Crippen molar-refractivity contribution in [2.75, 3.05) is 4.90 Å². The van der Waals surface area contributed by atoms with Crippen molar-refractivity contribution in [2.24, 2.45) is 0 Å². The maximum absolute atomic E-state index is 2.67. The SMILES string of the molecule is CC12CCCCC1(C)N(c1ccccc1)c1ccc(-c3cccc4c(-c5ccc6c7cc8c(cc7c7cccc5c76)c5cccc6cccc8c65)cccc34)cc12. The van der Waals surface area contributed by atoms with Crippen molar-refractivity contribution in [3.8, 4) is 22.3 Å². The van der Waals surface area contributed by atoms with E-state index in [0.717, 1.165) is 0 Å². The molecular weight excluding hydrogens is 687 g/mol. The largest absolute Gasteiger partial charge is 0.334 e. The van der Waals surface area contributed by atoms with Gasteiger partial charge in [-0.05, 0) is 159 Å². The van der Waals surface area contributed by atoms with Gasteiger partial charge in [-0.3, -0.25) is 0 Å². The van der Waals surface area contributed by atoms with Gasteiger partial charge in [-0.15, -0.1) is 0 Å². The molecule has 1 aliphatic heterocycles. The molecule has 0 spiro atoms. The summed E-state index contributed by atoms with van der Waals surface area (Å²) in [5.41, 5.74) is 9.48. The normalized spacial score (nSPS) is 19.6. The second kappa shape index (κ2) is 11.1. The number of hydrogen-bond acceptors (Lipinski definition) is 1. The first-order valence-electron chi connectivity index (χ1n) is 20.8. The molecule has 57 heavy (non-hydrogen) atoms. The van der Waals surface area contributed by atoms with Crippen molar-refractivity contribution in [3.05, 3.63) is 169 Å². The average molecular weight is 728 g/mol. The Morgan fingerprint density at radius 1 is 0.404 bits per heavy atom. The lowest BCUT2D eigenvalue weighted by atomic mass is 9.61. The molecule has 1 fully saturated rings. The third kappa shape index (κ3) is 3.99. The second-order valence-corrected chi connectivity index (χ2v) is 17.5. The molecule has 1 nitrogen and oxygen atoms in total. The Morgan fingerprint density at radius 2 is 0.965 bits per heavy atom. The van der Waals surface area contributed by atoms with E-state index < -0.39 is 0 Å². The van der Waals surface area contributed by atoms with Crippen LogP contribution in [0, 0.1) is 0 Å². The average Bonchev–Trinajstić information content (AvgIpc) is 3.82. The summed E-state index contributed by atoms with van der Waals surface area (Å²) in [4.78, 5) is 2.67. The standard InChI is InChI=1S/C56H41N/c1-55-29-6-7-30-56(55,2)57(36-15-4-3-5-16-36)52-28-25-35(31-51(52)55)37-17-10-19-39-38(37)18-11-20-40(39)41-26-27-46-50-33-48-44-22-9-14-34-13-8-21-43(53(34)44)47(48)32-49(50)45-24-12-23-42(41)54(45)46/h3-5,8-28,31-33H,6-7,29-30H2,1-2H3.